The number of rotatable bonds is 5. The van der Waals surface area contributed by atoms with Gasteiger partial charge in [0, 0.05) is 18.5 Å². The van der Waals surface area contributed by atoms with Gasteiger partial charge >= 0.3 is 0 Å². The maximum absolute atomic E-state index is 13.8. The zero-order valence-electron chi connectivity index (χ0n) is 18.3. The van der Waals surface area contributed by atoms with Gasteiger partial charge in [0.2, 0.25) is 0 Å². The quantitative estimate of drug-likeness (QED) is 0.609. The van der Waals surface area contributed by atoms with Crippen molar-refractivity contribution in [2.75, 3.05) is 19.8 Å². The van der Waals surface area contributed by atoms with Crippen LogP contribution in [0.5, 0.6) is 11.5 Å². The number of carbonyl (C=O) groups excluding carboxylic acids is 1. The first-order valence-electron chi connectivity index (χ1n) is 11.4. The van der Waals surface area contributed by atoms with E-state index in [9.17, 15) is 9.59 Å². The van der Waals surface area contributed by atoms with Gasteiger partial charge in [-0.2, -0.15) is 5.10 Å². The second kappa shape index (κ2) is 8.65. The first-order valence-corrected chi connectivity index (χ1v) is 11.4. The third-order valence-electron chi connectivity index (χ3n) is 6.26. The zero-order valence-corrected chi connectivity index (χ0v) is 18.3. The number of carbonyl (C=O) groups is 1. The lowest BCUT2D eigenvalue weighted by Gasteiger charge is -2.27. The molecule has 7 nitrogen and oxygen atoms in total. The van der Waals surface area contributed by atoms with E-state index < -0.39 is 0 Å². The van der Waals surface area contributed by atoms with Crippen molar-refractivity contribution in [3.63, 3.8) is 0 Å². The van der Waals surface area contributed by atoms with Crippen LogP contribution in [0.15, 0.2) is 47.3 Å². The summed E-state index contributed by atoms with van der Waals surface area (Å²) in [4.78, 5) is 28.5. The molecule has 1 aromatic heterocycles. The van der Waals surface area contributed by atoms with Gasteiger partial charge in [0.1, 0.15) is 13.2 Å². The summed E-state index contributed by atoms with van der Waals surface area (Å²) < 4.78 is 12.8. The van der Waals surface area contributed by atoms with E-state index in [1.54, 1.807) is 6.07 Å². The molecule has 5 rings (SSSR count). The molecule has 166 valence electrons. The summed E-state index contributed by atoms with van der Waals surface area (Å²) in [5.41, 5.74) is 1.24. The second-order valence-electron chi connectivity index (χ2n) is 8.34. The molecule has 7 heteroatoms. The van der Waals surface area contributed by atoms with Crippen LogP contribution in [0.4, 0.5) is 0 Å². The van der Waals surface area contributed by atoms with Crippen molar-refractivity contribution < 1.29 is 14.3 Å². The fraction of sp³-hybridized carbons (Fsp3) is 0.400. The van der Waals surface area contributed by atoms with Gasteiger partial charge in [0.25, 0.3) is 11.5 Å². The van der Waals surface area contributed by atoms with Crippen molar-refractivity contribution in [1.29, 1.82) is 0 Å². The van der Waals surface area contributed by atoms with E-state index in [1.165, 1.54) is 4.68 Å². The Balaban J connectivity index is 1.53. The first-order chi connectivity index (χ1) is 15.7. The Bertz CT molecular complexity index is 1220. The molecule has 0 radical (unpaired) electrons. The van der Waals surface area contributed by atoms with Crippen LogP contribution in [-0.4, -0.2) is 40.3 Å². The van der Waals surface area contributed by atoms with Gasteiger partial charge in [-0.1, -0.05) is 37.6 Å². The van der Waals surface area contributed by atoms with Crippen molar-refractivity contribution in [3.05, 3.63) is 64.1 Å². The maximum atomic E-state index is 13.8. The molecule has 3 aromatic rings. The SMILES string of the molecule is CCCCn1nc(C(=O)N2CCC[C@H]2c2ccc3c(c2)OCCO3)c2ccccc2c1=O. The third kappa shape index (κ3) is 3.61. The highest BCUT2D eigenvalue weighted by molar-refractivity contribution is 6.05. The molecular weight excluding hydrogens is 406 g/mol. The van der Waals surface area contributed by atoms with Crippen LogP contribution < -0.4 is 15.0 Å². The summed E-state index contributed by atoms with van der Waals surface area (Å²) in [6.07, 6.45) is 3.57. The molecule has 0 unspecified atom stereocenters. The average molecular weight is 434 g/mol. The van der Waals surface area contributed by atoms with Crippen molar-refractivity contribution in [2.45, 2.75) is 45.2 Å². The molecule has 0 N–H and O–H groups in total. The van der Waals surface area contributed by atoms with Crippen molar-refractivity contribution in [2.24, 2.45) is 0 Å². The zero-order chi connectivity index (χ0) is 22.1. The molecule has 3 heterocycles. The Morgan fingerprint density at radius 2 is 1.88 bits per heavy atom. The molecule has 0 aliphatic carbocycles. The molecule has 32 heavy (non-hydrogen) atoms. The lowest BCUT2D eigenvalue weighted by Crippen LogP contribution is -2.34. The molecule has 2 aliphatic rings. The Hall–Kier alpha value is -3.35. The molecule has 0 saturated carbocycles. The number of likely N-dealkylation sites (tertiary alicyclic amines) is 1. The van der Waals surface area contributed by atoms with Gasteiger partial charge in [-0.15, -0.1) is 0 Å². The first kappa shape index (κ1) is 20.5. The molecule has 0 spiro atoms. The van der Waals surface area contributed by atoms with E-state index in [2.05, 4.69) is 12.0 Å². The Morgan fingerprint density at radius 3 is 2.69 bits per heavy atom. The average Bonchev–Trinajstić information content (AvgIpc) is 3.33. The maximum Gasteiger partial charge on any atom is 0.275 e. The summed E-state index contributed by atoms with van der Waals surface area (Å²) in [7, 11) is 0. The predicted molar refractivity (Wildman–Crippen MR) is 121 cm³/mol. The summed E-state index contributed by atoms with van der Waals surface area (Å²) in [5.74, 6) is 1.33. The van der Waals surface area contributed by atoms with Gasteiger partial charge < -0.3 is 14.4 Å². The summed E-state index contributed by atoms with van der Waals surface area (Å²) >= 11 is 0. The normalized spacial score (nSPS) is 17.7. The number of benzene rings is 2. The van der Waals surface area contributed by atoms with E-state index in [0.717, 1.165) is 42.7 Å². The minimum Gasteiger partial charge on any atom is -0.486 e. The minimum atomic E-state index is -0.143. The van der Waals surface area contributed by atoms with Crippen LogP contribution >= 0.6 is 0 Å². The van der Waals surface area contributed by atoms with Gasteiger partial charge in [-0.25, -0.2) is 4.68 Å². The third-order valence-corrected chi connectivity index (χ3v) is 6.26. The van der Waals surface area contributed by atoms with Crippen LogP contribution in [-0.2, 0) is 6.54 Å². The monoisotopic (exact) mass is 433 g/mol. The van der Waals surface area contributed by atoms with E-state index in [1.807, 2.05) is 41.3 Å². The smallest absolute Gasteiger partial charge is 0.275 e. The van der Waals surface area contributed by atoms with E-state index in [-0.39, 0.29) is 17.5 Å². The molecule has 0 bridgehead atoms. The van der Waals surface area contributed by atoms with Crippen LogP contribution in [0.3, 0.4) is 0 Å². The number of aromatic nitrogens is 2. The number of unbranched alkanes of at least 4 members (excludes halogenated alkanes) is 1. The summed E-state index contributed by atoms with van der Waals surface area (Å²) in [6, 6.07) is 13.1. The number of ether oxygens (including phenoxy) is 2. The molecule has 1 fully saturated rings. The second-order valence-corrected chi connectivity index (χ2v) is 8.34. The fourth-order valence-electron chi connectivity index (χ4n) is 4.61. The Labute approximate surface area is 186 Å². The van der Waals surface area contributed by atoms with Crippen LogP contribution in [0.1, 0.15) is 54.7 Å². The van der Waals surface area contributed by atoms with Crippen LogP contribution in [0, 0.1) is 0 Å². The largest absolute Gasteiger partial charge is 0.486 e. The fourth-order valence-corrected chi connectivity index (χ4v) is 4.61. The molecule has 1 amide bonds. The van der Waals surface area contributed by atoms with Crippen molar-refractivity contribution >= 4 is 16.7 Å². The highest BCUT2D eigenvalue weighted by Gasteiger charge is 2.33. The number of nitrogens with zero attached hydrogens (tertiary/aromatic N) is 3. The molecule has 1 saturated heterocycles. The predicted octanol–water partition coefficient (Wildman–Crippen LogP) is 3.95. The summed E-state index contributed by atoms with van der Waals surface area (Å²) in [5, 5.41) is 5.70. The van der Waals surface area contributed by atoms with Crippen molar-refractivity contribution in [1.82, 2.24) is 14.7 Å². The van der Waals surface area contributed by atoms with E-state index in [0.29, 0.717) is 42.8 Å². The Morgan fingerprint density at radius 1 is 1.09 bits per heavy atom. The Kier molecular flexibility index (Phi) is 5.55. The van der Waals surface area contributed by atoms with Gasteiger partial charge in [0.05, 0.1) is 11.4 Å². The van der Waals surface area contributed by atoms with Gasteiger partial charge in [-0.05, 0) is 43.0 Å². The lowest BCUT2D eigenvalue weighted by atomic mass is 10.0. The molecular formula is C25H27N3O4. The van der Waals surface area contributed by atoms with Crippen molar-refractivity contribution in [3.8, 4) is 11.5 Å². The number of hydrogen-bond acceptors (Lipinski definition) is 5. The van der Waals surface area contributed by atoms with Gasteiger partial charge in [-0.3, -0.25) is 9.59 Å². The van der Waals surface area contributed by atoms with Crippen LogP contribution in [0.25, 0.3) is 10.8 Å². The number of aryl methyl sites for hydroxylation is 1. The molecule has 2 aromatic carbocycles. The molecule has 1 atom stereocenters. The minimum absolute atomic E-state index is 0.0603. The standard InChI is InChI=1S/C25H27N3O4/c1-2-3-13-28-24(29)19-8-5-4-7-18(19)23(26-28)25(30)27-12-6-9-20(27)17-10-11-21-22(16-17)32-15-14-31-21/h4-5,7-8,10-11,16,20H,2-3,6,9,12-15H2,1H3/t20-/m0/s1. The van der Waals surface area contributed by atoms with Crippen LogP contribution in [0.2, 0.25) is 0 Å². The summed E-state index contributed by atoms with van der Waals surface area (Å²) in [6.45, 7) is 4.31. The number of fused-ring (bicyclic) bond motifs is 2. The lowest BCUT2D eigenvalue weighted by molar-refractivity contribution is 0.0728. The topological polar surface area (TPSA) is 73.7 Å². The van der Waals surface area contributed by atoms with E-state index >= 15 is 0 Å². The molecule has 2 aliphatic heterocycles. The number of hydrogen-bond donors (Lipinski definition) is 0. The van der Waals surface area contributed by atoms with E-state index in [4.69, 9.17) is 9.47 Å². The highest BCUT2D eigenvalue weighted by Crippen LogP contribution is 2.38. The van der Waals surface area contributed by atoms with Gasteiger partial charge in [0.15, 0.2) is 17.2 Å². The number of amides is 1. The highest BCUT2D eigenvalue weighted by atomic mass is 16.6.